The van der Waals surface area contributed by atoms with Gasteiger partial charge in [-0.2, -0.15) is 0 Å². The van der Waals surface area contributed by atoms with Crippen LogP contribution in [0, 0.1) is 17.8 Å². The summed E-state index contributed by atoms with van der Waals surface area (Å²) in [4.78, 5) is 37.3. The molecule has 1 aliphatic rings. The maximum absolute atomic E-state index is 13.0. The molecule has 0 radical (unpaired) electrons. The highest BCUT2D eigenvalue weighted by atomic mass is 16.5. The molecule has 2 N–H and O–H groups in total. The van der Waals surface area contributed by atoms with E-state index in [1.165, 1.54) is 4.90 Å². The third-order valence-corrected chi connectivity index (χ3v) is 5.13. The second kappa shape index (κ2) is 8.77. The standard InChI is InChI=1S/C22H23NO6/c1-2-12-23(20(24)17-13-18(21(25)26)19(17)22(27)28)14-8-10-16(11-9-14)29-15-6-4-3-5-7-15/h3-11,17-19H,2,12-13H2,1H3,(H,25,26)(H,27,28). The fourth-order valence-corrected chi connectivity index (χ4v) is 3.61. The van der Waals surface area contributed by atoms with Crippen LogP contribution in [0.2, 0.25) is 0 Å². The third-order valence-electron chi connectivity index (χ3n) is 5.13. The number of benzene rings is 2. The van der Waals surface area contributed by atoms with Gasteiger partial charge in [-0.3, -0.25) is 14.4 Å². The predicted molar refractivity (Wildman–Crippen MR) is 106 cm³/mol. The molecule has 3 atom stereocenters. The number of aliphatic carboxylic acids is 2. The van der Waals surface area contributed by atoms with Crippen LogP contribution in [-0.4, -0.2) is 34.6 Å². The Labute approximate surface area is 168 Å². The fourth-order valence-electron chi connectivity index (χ4n) is 3.61. The average Bonchev–Trinajstić information content (AvgIpc) is 2.66. The molecule has 0 bridgehead atoms. The quantitative estimate of drug-likeness (QED) is 0.705. The molecule has 1 aliphatic carbocycles. The summed E-state index contributed by atoms with van der Waals surface area (Å²) in [6, 6.07) is 16.3. The molecular weight excluding hydrogens is 374 g/mol. The van der Waals surface area contributed by atoms with Crippen molar-refractivity contribution in [2.24, 2.45) is 17.8 Å². The number of hydrogen-bond donors (Lipinski definition) is 2. The molecule has 7 heteroatoms. The van der Waals surface area contributed by atoms with E-state index < -0.39 is 29.7 Å². The summed E-state index contributed by atoms with van der Waals surface area (Å²) in [6.45, 7) is 2.33. The van der Waals surface area contributed by atoms with Gasteiger partial charge in [0.15, 0.2) is 0 Å². The van der Waals surface area contributed by atoms with E-state index in [-0.39, 0.29) is 12.3 Å². The normalized spacial score (nSPS) is 20.4. The van der Waals surface area contributed by atoms with Crippen LogP contribution >= 0.6 is 0 Å². The highest BCUT2D eigenvalue weighted by Gasteiger charge is 2.54. The van der Waals surface area contributed by atoms with Gasteiger partial charge in [0.25, 0.3) is 0 Å². The Bertz CT molecular complexity index is 880. The minimum Gasteiger partial charge on any atom is -0.481 e. The van der Waals surface area contributed by atoms with Crippen LogP contribution in [-0.2, 0) is 14.4 Å². The molecule has 29 heavy (non-hydrogen) atoms. The number of carbonyl (C=O) groups is 3. The first-order valence-corrected chi connectivity index (χ1v) is 9.52. The van der Waals surface area contributed by atoms with E-state index >= 15 is 0 Å². The van der Waals surface area contributed by atoms with Crippen molar-refractivity contribution in [3.05, 3.63) is 54.6 Å². The van der Waals surface area contributed by atoms with Crippen LogP contribution < -0.4 is 9.64 Å². The number of amides is 1. The summed E-state index contributed by atoms with van der Waals surface area (Å²) >= 11 is 0. The van der Waals surface area contributed by atoms with Gasteiger partial charge in [-0.25, -0.2) is 0 Å². The van der Waals surface area contributed by atoms with Crippen LogP contribution in [0.3, 0.4) is 0 Å². The molecular formula is C22H23NO6. The van der Waals surface area contributed by atoms with E-state index in [0.29, 0.717) is 30.2 Å². The highest BCUT2D eigenvalue weighted by Crippen LogP contribution is 2.42. The van der Waals surface area contributed by atoms with Gasteiger partial charge in [0.05, 0.1) is 17.8 Å². The topological polar surface area (TPSA) is 104 Å². The molecule has 2 aromatic rings. The predicted octanol–water partition coefficient (Wildman–Crippen LogP) is 3.64. The lowest BCUT2D eigenvalue weighted by Gasteiger charge is -2.40. The number of nitrogens with zero attached hydrogens (tertiary/aromatic N) is 1. The Morgan fingerprint density at radius 3 is 2.10 bits per heavy atom. The van der Waals surface area contributed by atoms with E-state index in [0.717, 1.165) is 0 Å². The van der Waals surface area contributed by atoms with Crippen molar-refractivity contribution in [3.63, 3.8) is 0 Å². The van der Waals surface area contributed by atoms with Gasteiger partial charge in [-0.15, -0.1) is 0 Å². The Morgan fingerprint density at radius 2 is 1.55 bits per heavy atom. The Balaban J connectivity index is 1.76. The molecule has 0 aliphatic heterocycles. The van der Waals surface area contributed by atoms with Crippen molar-refractivity contribution >= 4 is 23.5 Å². The van der Waals surface area contributed by atoms with Crippen LogP contribution in [0.1, 0.15) is 19.8 Å². The SMILES string of the molecule is CCCN(C(=O)C1CC(C(=O)O)C1C(=O)O)c1ccc(Oc2ccccc2)cc1. The summed E-state index contributed by atoms with van der Waals surface area (Å²) in [6.07, 6.45) is 0.724. The molecule has 1 amide bonds. The average molecular weight is 397 g/mol. The van der Waals surface area contributed by atoms with Crippen molar-refractivity contribution in [3.8, 4) is 11.5 Å². The minimum absolute atomic E-state index is 0.0422. The van der Waals surface area contributed by atoms with E-state index in [1.807, 2.05) is 37.3 Å². The maximum atomic E-state index is 13.0. The number of carboxylic acid groups (broad SMARTS) is 2. The number of para-hydroxylation sites is 1. The zero-order valence-electron chi connectivity index (χ0n) is 16.0. The van der Waals surface area contributed by atoms with Crippen LogP contribution in [0.5, 0.6) is 11.5 Å². The first-order valence-electron chi connectivity index (χ1n) is 9.52. The monoisotopic (exact) mass is 397 g/mol. The second-order valence-corrected chi connectivity index (χ2v) is 7.05. The number of hydrogen-bond acceptors (Lipinski definition) is 4. The van der Waals surface area contributed by atoms with E-state index in [2.05, 4.69) is 0 Å². The smallest absolute Gasteiger partial charge is 0.308 e. The maximum Gasteiger partial charge on any atom is 0.308 e. The largest absolute Gasteiger partial charge is 0.481 e. The van der Waals surface area contributed by atoms with E-state index in [1.54, 1.807) is 24.3 Å². The molecule has 2 aromatic carbocycles. The number of ether oxygens (including phenoxy) is 1. The number of rotatable bonds is 8. The Kier molecular flexibility index (Phi) is 6.16. The van der Waals surface area contributed by atoms with Gasteiger partial charge < -0.3 is 19.8 Å². The second-order valence-electron chi connectivity index (χ2n) is 7.05. The summed E-state index contributed by atoms with van der Waals surface area (Å²) in [5, 5.41) is 18.5. The van der Waals surface area contributed by atoms with Crippen molar-refractivity contribution in [1.29, 1.82) is 0 Å². The van der Waals surface area contributed by atoms with E-state index in [9.17, 15) is 19.5 Å². The van der Waals surface area contributed by atoms with Crippen molar-refractivity contribution in [2.75, 3.05) is 11.4 Å². The fraction of sp³-hybridized carbons (Fsp3) is 0.318. The van der Waals surface area contributed by atoms with E-state index in [4.69, 9.17) is 9.84 Å². The number of carboxylic acids is 2. The molecule has 1 fully saturated rings. The zero-order valence-corrected chi connectivity index (χ0v) is 16.0. The summed E-state index contributed by atoms with van der Waals surface area (Å²) in [5.74, 6) is -4.52. The molecule has 7 nitrogen and oxygen atoms in total. The Hall–Kier alpha value is -3.35. The molecule has 3 rings (SSSR count). The molecule has 1 saturated carbocycles. The molecule has 152 valence electrons. The first kappa shape index (κ1) is 20.4. The third kappa shape index (κ3) is 4.39. The van der Waals surface area contributed by atoms with Crippen molar-refractivity contribution in [2.45, 2.75) is 19.8 Å². The zero-order chi connectivity index (χ0) is 21.0. The Morgan fingerprint density at radius 1 is 0.931 bits per heavy atom. The van der Waals surface area contributed by atoms with Gasteiger partial charge in [-0.05, 0) is 49.2 Å². The molecule has 0 heterocycles. The molecule has 3 unspecified atom stereocenters. The summed E-state index contributed by atoms with van der Waals surface area (Å²) in [7, 11) is 0. The van der Waals surface area contributed by atoms with Crippen LogP contribution in [0.25, 0.3) is 0 Å². The first-order chi connectivity index (χ1) is 13.9. The lowest BCUT2D eigenvalue weighted by atomic mass is 9.64. The lowest BCUT2D eigenvalue weighted by Crippen LogP contribution is -2.53. The van der Waals surface area contributed by atoms with Crippen LogP contribution in [0.4, 0.5) is 5.69 Å². The molecule has 0 saturated heterocycles. The van der Waals surface area contributed by atoms with Crippen molar-refractivity contribution < 1.29 is 29.3 Å². The van der Waals surface area contributed by atoms with Gasteiger partial charge >= 0.3 is 11.9 Å². The number of anilines is 1. The van der Waals surface area contributed by atoms with Crippen LogP contribution in [0.15, 0.2) is 54.6 Å². The van der Waals surface area contributed by atoms with Gasteiger partial charge in [0.1, 0.15) is 11.5 Å². The number of carbonyl (C=O) groups excluding carboxylic acids is 1. The highest BCUT2D eigenvalue weighted by molar-refractivity contribution is 6.00. The molecule has 0 aromatic heterocycles. The molecule has 0 spiro atoms. The summed E-state index contributed by atoms with van der Waals surface area (Å²) < 4.78 is 5.76. The van der Waals surface area contributed by atoms with Gasteiger partial charge in [-0.1, -0.05) is 25.1 Å². The minimum atomic E-state index is -1.25. The summed E-state index contributed by atoms with van der Waals surface area (Å²) in [5.41, 5.74) is 0.625. The van der Waals surface area contributed by atoms with Crippen molar-refractivity contribution in [1.82, 2.24) is 0 Å². The lowest BCUT2D eigenvalue weighted by molar-refractivity contribution is -0.168. The van der Waals surface area contributed by atoms with Gasteiger partial charge in [0, 0.05) is 12.2 Å². The van der Waals surface area contributed by atoms with Gasteiger partial charge in [0.2, 0.25) is 5.91 Å².